The molecule has 1 unspecified atom stereocenters. The van der Waals surface area contributed by atoms with Gasteiger partial charge in [0.2, 0.25) is 5.91 Å². The standard InChI is InChI=1S/C20H28N2O3S2/c1-14(2)19(15-6-7-16-17(12-15)25-11-5-10-24-16)21-18(23)13-27-20(26)22-8-3-4-9-22/h6-7,12,14,19H,3-5,8-11,13H2,1-2H3,(H,21,23). The lowest BCUT2D eigenvalue weighted by molar-refractivity contribution is -0.119. The fraction of sp³-hybridized carbons (Fsp3) is 0.600. The molecule has 148 valence electrons. The number of benzene rings is 1. The predicted molar refractivity (Wildman–Crippen MR) is 114 cm³/mol. The number of amides is 1. The highest BCUT2D eigenvalue weighted by Crippen LogP contribution is 2.34. The van der Waals surface area contributed by atoms with Crippen LogP contribution in [0.5, 0.6) is 11.5 Å². The Morgan fingerprint density at radius 3 is 2.59 bits per heavy atom. The van der Waals surface area contributed by atoms with Crippen molar-refractivity contribution in [3.63, 3.8) is 0 Å². The lowest BCUT2D eigenvalue weighted by Gasteiger charge is -2.24. The molecule has 2 aliphatic rings. The fourth-order valence-corrected chi connectivity index (χ4v) is 4.40. The topological polar surface area (TPSA) is 50.8 Å². The van der Waals surface area contributed by atoms with Crippen LogP contribution in [0.4, 0.5) is 0 Å². The van der Waals surface area contributed by atoms with E-state index in [9.17, 15) is 4.79 Å². The highest BCUT2D eigenvalue weighted by atomic mass is 32.2. The predicted octanol–water partition coefficient (Wildman–Crippen LogP) is 3.78. The molecule has 1 aromatic carbocycles. The number of nitrogens with one attached hydrogen (secondary N) is 1. The number of likely N-dealkylation sites (tertiary alicyclic amines) is 1. The quantitative estimate of drug-likeness (QED) is 0.749. The van der Waals surface area contributed by atoms with Gasteiger partial charge in [-0.3, -0.25) is 4.79 Å². The first-order chi connectivity index (χ1) is 13.0. The van der Waals surface area contributed by atoms with E-state index in [4.69, 9.17) is 21.7 Å². The van der Waals surface area contributed by atoms with Crippen molar-refractivity contribution in [3.8, 4) is 11.5 Å². The van der Waals surface area contributed by atoms with Crippen molar-refractivity contribution in [2.24, 2.45) is 5.92 Å². The van der Waals surface area contributed by atoms with Gasteiger partial charge in [0.1, 0.15) is 4.32 Å². The SMILES string of the molecule is CC(C)C(NC(=O)CSC(=S)N1CCCC1)c1ccc2c(c1)OCCCO2. The maximum absolute atomic E-state index is 12.5. The first-order valence-corrected chi connectivity index (χ1v) is 11.0. The second-order valence-electron chi connectivity index (χ2n) is 7.29. The Hall–Kier alpha value is -1.47. The molecule has 2 heterocycles. The Kier molecular flexibility index (Phi) is 7.24. The van der Waals surface area contributed by atoms with Crippen molar-refractivity contribution in [1.29, 1.82) is 0 Å². The molecule has 0 aliphatic carbocycles. The summed E-state index contributed by atoms with van der Waals surface area (Å²) in [6.07, 6.45) is 3.25. The van der Waals surface area contributed by atoms with Crippen LogP contribution in [-0.2, 0) is 4.79 Å². The van der Waals surface area contributed by atoms with Crippen molar-refractivity contribution >= 4 is 34.2 Å². The molecule has 1 aromatic rings. The van der Waals surface area contributed by atoms with Gasteiger partial charge in [-0.1, -0.05) is 43.9 Å². The normalized spacial score (nSPS) is 17.5. The first kappa shape index (κ1) is 20.3. The summed E-state index contributed by atoms with van der Waals surface area (Å²) in [7, 11) is 0. The molecule has 0 aromatic heterocycles. The number of fused-ring (bicyclic) bond motifs is 1. The number of thiocarbonyl (C=S) groups is 1. The van der Waals surface area contributed by atoms with Crippen LogP contribution < -0.4 is 14.8 Å². The Morgan fingerprint density at radius 1 is 1.19 bits per heavy atom. The second kappa shape index (κ2) is 9.64. The number of hydrogen-bond donors (Lipinski definition) is 1. The molecule has 7 heteroatoms. The van der Waals surface area contributed by atoms with Crippen LogP contribution >= 0.6 is 24.0 Å². The van der Waals surface area contributed by atoms with Crippen molar-refractivity contribution in [2.45, 2.75) is 39.2 Å². The Bertz CT molecular complexity index is 675. The first-order valence-electron chi connectivity index (χ1n) is 9.65. The summed E-state index contributed by atoms with van der Waals surface area (Å²) < 4.78 is 12.3. The van der Waals surface area contributed by atoms with Crippen LogP contribution in [0.3, 0.4) is 0 Å². The van der Waals surface area contributed by atoms with E-state index in [1.54, 1.807) is 0 Å². The lowest BCUT2D eigenvalue weighted by atomic mass is 9.95. The molecule has 1 atom stereocenters. The summed E-state index contributed by atoms with van der Waals surface area (Å²) in [4.78, 5) is 14.7. The molecule has 1 fully saturated rings. The number of nitrogens with zero attached hydrogens (tertiary/aromatic N) is 1. The molecule has 1 saturated heterocycles. The molecule has 5 nitrogen and oxygen atoms in total. The van der Waals surface area contributed by atoms with Crippen LogP contribution in [0.2, 0.25) is 0 Å². The summed E-state index contributed by atoms with van der Waals surface area (Å²) >= 11 is 6.91. The van der Waals surface area contributed by atoms with Gasteiger partial charge in [0.05, 0.1) is 25.0 Å². The van der Waals surface area contributed by atoms with Gasteiger partial charge in [-0.05, 0) is 36.5 Å². The molecule has 2 aliphatic heterocycles. The minimum absolute atomic E-state index is 0.00681. The lowest BCUT2D eigenvalue weighted by Crippen LogP contribution is -2.34. The van der Waals surface area contributed by atoms with Gasteiger partial charge in [0.25, 0.3) is 0 Å². The fourth-order valence-electron chi connectivity index (χ4n) is 3.34. The summed E-state index contributed by atoms with van der Waals surface area (Å²) in [5.74, 6) is 2.15. The number of rotatable bonds is 5. The van der Waals surface area contributed by atoms with Gasteiger partial charge in [-0.15, -0.1) is 0 Å². The summed E-state index contributed by atoms with van der Waals surface area (Å²) in [5, 5.41) is 3.17. The average molecular weight is 409 g/mol. The van der Waals surface area contributed by atoms with Gasteiger partial charge >= 0.3 is 0 Å². The van der Waals surface area contributed by atoms with Crippen molar-refractivity contribution in [2.75, 3.05) is 32.1 Å². The number of carbonyl (C=O) groups excluding carboxylic acids is 1. The van der Waals surface area contributed by atoms with Crippen LogP contribution in [0.15, 0.2) is 18.2 Å². The summed E-state index contributed by atoms with van der Waals surface area (Å²) in [5.41, 5.74) is 1.04. The maximum Gasteiger partial charge on any atom is 0.230 e. The zero-order valence-corrected chi connectivity index (χ0v) is 17.7. The zero-order valence-electron chi connectivity index (χ0n) is 16.0. The van der Waals surface area contributed by atoms with E-state index in [0.29, 0.717) is 19.0 Å². The number of thioether (sulfide) groups is 1. The van der Waals surface area contributed by atoms with E-state index < -0.39 is 0 Å². The van der Waals surface area contributed by atoms with Gasteiger partial charge in [0.15, 0.2) is 11.5 Å². The van der Waals surface area contributed by atoms with E-state index in [2.05, 4.69) is 24.1 Å². The molecule has 0 saturated carbocycles. The van der Waals surface area contributed by atoms with E-state index >= 15 is 0 Å². The summed E-state index contributed by atoms with van der Waals surface area (Å²) in [6, 6.07) is 5.87. The van der Waals surface area contributed by atoms with E-state index in [0.717, 1.165) is 40.9 Å². The zero-order chi connectivity index (χ0) is 19.2. The molecule has 1 amide bonds. The number of hydrogen-bond acceptors (Lipinski definition) is 5. The Labute approximate surface area is 171 Å². The third-order valence-corrected chi connectivity index (χ3v) is 6.33. The number of carbonyl (C=O) groups is 1. The smallest absolute Gasteiger partial charge is 0.230 e. The average Bonchev–Trinajstić information content (AvgIpc) is 3.09. The van der Waals surface area contributed by atoms with Crippen molar-refractivity contribution in [3.05, 3.63) is 23.8 Å². The van der Waals surface area contributed by atoms with E-state index in [1.807, 2.05) is 18.2 Å². The van der Waals surface area contributed by atoms with Crippen molar-refractivity contribution in [1.82, 2.24) is 10.2 Å². The monoisotopic (exact) mass is 408 g/mol. The highest BCUT2D eigenvalue weighted by molar-refractivity contribution is 8.23. The summed E-state index contributed by atoms with van der Waals surface area (Å²) in [6.45, 7) is 7.56. The van der Waals surface area contributed by atoms with Crippen LogP contribution in [0.25, 0.3) is 0 Å². The Balaban J connectivity index is 1.60. The van der Waals surface area contributed by atoms with Crippen LogP contribution in [0, 0.1) is 5.92 Å². The molecule has 1 N–H and O–H groups in total. The second-order valence-corrected chi connectivity index (χ2v) is 8.90. The minimum Gasteiger partial charge on any atom is -0.490 e. The largest absolute Gasteiger partial charge is 0.490 e. The minimum atomic E-state index is -0.0735. The van der Waals surface area contributed by atoms with Gasteiger partial charge in [-0.2, -0.15) is 0 Å². The molecule has 27 heavy (non-hydrogen) atoms. The molecular formula is C20H28N2O3S2. The molecule has 0 bridgehead atoms. The van der Waals surface area contributed by atoms with Crippen LogP contribution in [-0.4, -0.2) is 47.2 Å². The van der Waals surface area contributed by atoms with E-state index in [1.165, 1.54) is 24.6 Å². The molecular weight excluding hydrogens is 380 g/mol. The van der Waals surface area contributed by atoms with E-state index in [-0.39, 0.29) is 17.9 Å². The third-order valence-electron chi connectivity index (χ3n) is 4.80. The van der Waals surface area contributed by atoms with Crippen LogP contribution in [0.1, 0.15) is 44.7 Å². The maximum atomic E-state index is 12.5. The molecule has 0 spiro atoms. The van der Waals surface area contributed by atoms with Gasteiger partial charge in [0, 0.05) is 19.5 Å². The Morgan fingerprint density at radius 2 is 1.89 bits per heavy atom. The molecule has 0 radical (unpaired) electrons. The van der Waals surface area contributed by atoms with Gasteiger partial charge in [-0.25, -0.2) is 0 Å². The van der Waals surface area contributed by atoms with Crippen molar-refractivity contribution < 1.29 is 14.3 Å². The third kappa shape index (κ3) is 5.51. The van der Waals surface area contributed by atoms with Gasteiger partial charge < -0.3 is 19.7 Å². The highest BCUT2D eigenvalue weighted by Gasteiger charge is 2.22. The number of ether oxygens (including phenoxy) is 2. The molecule has 3 rings (SSSR count).